The number of carboxylic acids is 1. The second kappa shape index (κ2) is 4.50. The van der Waals surface area contributed by atoms with Gasteiger partial charge in [0.15, 0.2) is 6.17 Å². The van der Waals surface area contributed by atoms with Crippen LogP contribution in [0.4, 0.5) is 13.2 Å². The van der Waals surface area contributed by atoms with Crippen LogP contribution in [0, 0.1) is 0 Å². The van der Waals surface area contributed by atoms with Crippen molar-refractivity contribution >= 4 is 11.7 Å². The number of halogens is 3. The van der Waals surface area contributed by atoms with Crippen molar-refractivity contribution in [1.82, 2.24) is 0 Å². The minimum atomic E-state index is -3.28. The summed E-state index contributed by atoms with van der Waals surface area (Å²) >= 11 is 0. The first-order valence-electron chi connectivity index (χ1n) is 2.85. The third-order valence-electron chi connectivity index (χ3n) is 1.03. The maximum Gasteiger partial charge on any atom is 0.414 e. The average molecular weight is 182 g/mol. The van der Waals surface area contributed by atoms with Gasteiger partial charge in [-0.1, -0.05) is 0 Å². The summed E-state index contributed by atoms with van der Waals surface area (Å²) in [6, 6.07) is 0. The normalized spacial score (nSPS) is 12.3. The predicted molar refractivity (Wildman–Crippen MR) is 31.8 cm³/mol. The smallest absolute Gasteiger partial charge is 0.414 e. The Balaban J connectivity index is 4.24. The van der Waals surface area contributed by atoms with Crippen LogP contribution in [0.2, 0.25) is 0 Å². The molecule has 0 aromatic carbocycles. The summed E-state index contributed by atoms with van der Waals surface area (Å²) in [5.74, 6) is -1.72. The number of carboxylic acid groups (broad SMARTS) is 1. The molecule has 12 heavy (non-hydrogen) atoms. The zero-order chi connectivity index (χ0) is 9.72. The van der Waals surface area contributed by atoms with E-state index in [-0.39, 0.29) is 0 Å². The highest BCUT2D eigenvalue weighted by Crippen LogP contribution is 2.09. The van der Waals surface area contributed by atoms with Gasteiger partial charge in [-0.2, -0.15) is 4.79 Å². The summed E-state index contributed by atoms with van der Waals surface area (Å²) in [7, 11) is 0. The van der Waals surface area contributed by atoms with E-state index in [0.29, 0.717) is 0 Å². The van der Waals surface area contributed by atoms with Crippen molar-refractivity contribution in [1.29, 1.82) is 0 Å². The maximum atomic E-state index is 12.1. The molecule has 1 unspecified atom stereocenters. The molecule has 4 nitrogen and oxygen atoms in total. The second-order valence-corrected chi connectivity index (χ2v) is 1.91. The molecule has 0 fully saturated rings. The number of hydrogen-bond acceptors (Lipinski definition) is 1. The lowest BCUT2D eigenvalue weighted by Gasteiger charge is -2.00. The topological polar surface area (TPSA) is 73.7 Å². The second-order valence-electron chi connectivity index (χ2n) is 1.91. The summed E-state index contributed by atoms with van der Waals surface area (Å²) in [4.78, 5) is 12.1. The SMILES string of the molecule is [N-]=[N+]=C(CC(F)C(F)F)C(=O)O. The van der Waals surface area contributed by atoms with Gasteiger partial charge in [-0.05, 0) is 0 Å². The first-order chi connectivity index (χ1) is 5.49. The molecule has 0 aliphatic carbocycles. The number of carbonyl (C=O) groups is 1. The van der Waals surface area contributed by atoms with Crippen LogP contribution >= 0.6 is 0 Å². The predicted octanol–water partition coefficient (Wildman–Crippen LogP) is 0.735. The van der Waals surface area contributed by atoms with Gasteiger partial charge < -0.3 is 10.6 Å². The zero-order valence-corrected chi connectivity index (χ0v) is 5.75. The molecule has 0 amide bonds. The highest BCUT2D eigenvalue weighted by atomic mass is 19.3. The van der Waals surface area contributed by atoms with Gasteiger partial charge in [-0.25, -0.2) is 18.0 Å². The Morgan fingerprint density at radius 2 is 2.00 bits per heavy atom. The molecule has 1 atom stereocenters. The summed E-state index contributed by atoms with van der Waals surface area (Å²) in [5, 5.41) is 8.10. The van der Waals surface area contributed by atoms with E-state index >= 15 is 0 Å². The largest absolute Gasteiger partial charge is 0.473 e. The van der Waals surface area contributed by atoms with E-state index in [1.54, 1.807) is 0 Å². The van der Waals surface area contributed by atoms with E-state index in [1.165, 1.54) is 0 Å². The van der Waals surface area contributed by atoms with E-state index in [0.717, 1.165) is 0 Å². The summed E-state index contributed by atoms with van der Waals surface area (Å²) in [6.45, 7) is 0. The van der Waals surface area contributed by atoms with Crippen molar-refractivity contribution in [3.05, 3.63) is 5.53 Å². The van der Waals surface area contributed by atoms with Gasteiger partial charge in [-0.3, -0.25) is 0 Å². The minimum Gasteiger partial charge on any atom is -0.473 e. The summed E-state index contributed by atoms with van der Waals surface area (Å²) in [6.07, 6.45) is -7.00. The number of rotatable bonds is 4. The van der Waals surface area contributed by atoms with Gasteiger partial charge in [0.25, 0.3) is 6.43 Å². The van der Waals surface area contributed by atoms with Crippen LogP contribution in [0.25, 0.3) is 5.53 Å². The fourth-order valence-corrected chi connectivity index (χ4v) is 0.445. The molecule has 0 saturated heterocycles. The fraction of sp³-hybridized carbons (Fsp3) is 0.600. The van der Waals surface area contributed by atoms with Crippen molar-refractivity contribution < 1.29 is 27.9 Å². The van der Waals surface area contributed by atoms with Crippen molar-refractivity contribution in [3.8, 4) is 0 Å². The molecule has 0 bridgehead atoms. The van der Waals surface area contributed by atoms with Crippen molar-refractivity contribution in [2.24, 2.45) is 0 Å². The van der Waals surface area contributed by atoms with Crippen molar-refractivity contribution in [3.63, 3.8) is 0 Å². The van der Waals surface area contributed by atoms with Crippen LogP contribution in [0.3, 0.4) is 0 Å². The summed E-state index contributed by atoms with van der Waals surface area (Å²) in [5.41, 5.74) is 6.90. The van der Waals surface area contributed by atoms with Gasteiger partial charge in [0.05, 0.1) is 6.42 Å². The minimum absolute atomic E-state index is 1.03. The van der Waals surface area contributed by atoms with Crippen LogP contribution < -0.4 is 0 Å². The zero-order valence-electron chi connectivity index (χ0n) is 5.75. The van der Waals surface area contributed by atoms with Crippen LogP contribution in [0.5, 0.6) is 0 Å². The molecule has 0 saturated carbocycles. The number of aliphatic carboxylic acids is 1. The standard InChI is InChI=1S/C5H5F3N2O2/c6-2(4(7)8)1-3(10-9)5(11)12/h2,4H,1H2,(H,11,12). The lowest BCUT2D eigenvalue weighted by atomic mass is 10.2. The lowest BCUT2D eigenvalue weighted by molar-refractivity contribution is -0.134. The fourth-order valence-electron chi connectivity index (χ4n) is 0.445. The van der Waals surface area contributed by atoms with Gasteiger partial charge >= 0.3 is 11.7 Å². The monoisotopic (exact) mass is 182 g/mol. The van der Waals surface area contributed by atoms with E-state index in [1.807, 2.05) is 0 Å². The van der Waals surface area contributed by atoms with E-state index < -0.39 is 30.7 Å². The molecule has 0 heterocycles. The first-order valence-corrected chi connectivity index (χ1v) is 2.85. The Kier molecular flexibility index (Phi) is 3.99. The molecule has 0 radical (unpaired) electrons. The van der Waals surface area contributed by atoms with E-state index in [4.69, 9.17) is 10.6 Å². The first kappa shape index (κ1) is 10.6. The molecular formula is C5H5F3N2O2. The molecule has 7 heteroatoms. The average Bonchev–Trinajstić information content (AvgIpc) is 1.98. The van der Waals surface area contributed by atoms with Gasteiger partial charge in [-0.15, -0.1) is 0 Å². The third kappa shape index (κ3) is 3.16. The number of nitrogens with zero attached hydrogens (tertiary/aromatic N) is 2. The molecule has 0 aliphatic rings. The Hall–Kier alpha value is -1.36. The van der Waals surface area contributed by atoms with Gasteiger partial charge in [0.2, 0.25) is 0 Å². The van der Waals surface area contributed by atoms with Crippen LogP contribution in [0.15, 0.2) is 0 Å². The molecule has 0 rings (SSSR count). The van der Waals surface area contributed by atoms with E-state index in [9.17, 15) is 18.0 Å². The Bertz CT molecular complexity index is 225. The van der Waals surface area contributed by atoms with Crippen LogP contribution in [-0.2, 0) is 4.79 Å². The van der Waals surface area contributed by atoms with E-state index in [2.05, 4.69) is 4.79 Å². The van der Waals surface area contributed by atoms with Crippen LogP contribution in [0.1, 0.15) is 6.42 Å². The number of hydrogen-bond donors (Lipinski definition) is 1. The summed E-state index contributed by atoms with van der Waals surface area (Å²) < 4.78 is 35.1. The molecule has 0 aliphatic heterocycles. The Labute approximate surface area is 65.2 Å². The number of alkyl halides is 3. The molecular weight excluding hydrogens is 177 g/mol. The van der Waals surface area contributed by atoms with Crippen molar-refractivity contribution in [2.45, 2.75) is 19.0 Å². The highest BCUT2D eigenvalue weighted by molar-refractivity contribution is 6.33. The van der Waals surface area contributed by atoms with Crippen molar-refractivity contribution in [2.75, 3.05) is 0 Å². The van der Waals surface area contributed by atoms with Gasteiger partial charge in [0.1, 0.15) is 0 Å². The molecule has 0 aromatic heterocycles. The quantitative estimate of drug-likeness (QED) is 0.395. The third-order valence-corrected chi connectivity index (χ3v) is 1.03. The Morgan fingerprint density at radius 3 is 2.25 bits per heavy atom. The molecule has 0 aromatic rings. The Morgan fingerprint density at radius 1 is 1.50 bits per heavy atom. The highest BCUT2D eigenvalue weighted by Gasteiger charge is 2.29. The van der Waals surface area contributed by atoms with Crippen LogP contribution in [-0.4, -0.2) is 34.2 Å². The lowest BCUT2D eigenvalue weighted by Crippen LogP contribution is -2.23. The molecule has 68 valence electrons. The van der Waals surface area contributed by atoms with Gasteiger partial charge in [0, 0.05) is 0 Å². The molecule has 1 N–H and O–H groups in total. The molecule has 0 spiro atoms. The maximum absolute atomic E-state index is 12.1.